The van der Waals surface area contributed by atoms with E-state index in [9.17, 15) is 14.0 Å². The highest BCUT2D eigenvalue weighted by Gasteiger charge is 2.29. The predicted molar refractivity (Wildman–Crippen MR) is 137 cm³/mol. The van der Waals surface area contributed by atoms with Crippen LogP contribution in [0, 0.1) is 11.7 Å². The molecule has 35 heavy (non-hydrogen) atoms. The molecule has 3 heterocycles. The molecule has 1 aliphatic carbocycles. The van der Waals surface area contributed by atoms with E-state index in [0.29, 0.717) is 13.0 Å². The summed E-state index contributed by atoms with van der Waals surface area (Å²) in [6, 6.07) is 12.0. The smallest absolute Gasteiger partial charge is 0.305 e. The molecule has 0 spiro atoms. The first-order chi connectivity index (χ1) is 17.0. The number of hydrogen-bond donors (Lipinski definition) is 3. The molecule has 5 aromatic rings. The van der Waals surface area contributed by atoms with Gasteiger partial charge in [-0.05, 0) is 60.7 Å². The Bertz CT molecular complexity index is 1640. The number of thiophene rings is 1. The van der Waals surface area contributed by atoms with Crippen molar-refractivity contribution in [2.75, 3.05) is 5.32 Å². The third-order valence-electron chi connectivity index (χ3n) is 6.26. The van der Waals surface area contributed by atoms with E-state index in [-0.39, 0.29) is 22.5 Å². The van der Waals surface area contributed by atoms with E-state index >= 15 is 0 Å². The lowest BCUT2D eigenvalue weighted by Gasteiger charge is -2.22. The molecule has 0 fully saturated rings. The fraction of sp³-hybridized carbons (Fsp3) is 0.200. The fourth-order valence-corrected chi connectivity index (χ4v) is 6.61. The number of fused-ring (bicyclic) bond motifs is 4. The number of anilines is 2. The molecular weight excluding hydrogens is 485 g/mol. The molecule has 0 aliphatic heterocycles. The normalized spacial score (nSPS) is 15.3. The summed E-state index contributed by atoms with van der Waals surface area (Å²) in [5, 5.41) is 7.35. The van der Waals surface area contributed by atoms with Crippen molar-refractivity contribution >= 4 is 60.5 Å². The number of hydrogen-bond acceptors (Lipinski definition) is 7. The molecule has 1 unspecified atom stereocenters. The SMILES string of the molecule is O=C(NCc1cccc(F)c1)C1CCc2c(sc3ncnc(Nc4ccc5[nH]c(=O)sc5c4)c23)C1. The molecule has 7 nitrogen and oxygen atoms in total. The van der Waals surface area contributed by atoms with E-state index in [1.54, 1.807) is 29.8 Å². The monoisotopic (exact) mass is 505 g/mol. The molecule has 2 aromatic carbocycles. The third kappa shape index (κ3) is 4.30. The number of nitrogens with zero attached hydrogens (tertiary/aromatic N) is 2. The number of H-pyrrole nitrogens is 1. The van der Waals surface area contributed by atoms with Gasteiger partial charge >= 0.3 is 4.87 Å². The number of rotatable bonds is 5. The summed E-state index contributed by atoms with van der Waals surface area (Å²) in [6.45, 7) is 0.312. The van der Waals surface area contributed by atoms with Crippen molar-refractivity contribution in [1.82, 2.24) is 20.3 Å². The third-order valence-corrected chi connectivity index (χ3v) is 8.26. The van der Waals surface area contributed by atoms with Crippen molar-refractivity contribution in [3.63, 3.8) is 0 Å². The van der Waals surface area contributed by atoms with Crippen LogP contribution >= 0.6 is 22.7 Å². The predicted octanol–water partition coefficient (Wildman–Crippen LogP) is 4.90. The number of thiazole rings is 1. The largest absolute Gasteiger partial charge is 0.352 e. The number of halogens is 1. The number of aromatic nitrogens is 3. The second kappa shape index (κ2) is 8.86. The summed E-state index contributed by atoms with van der Waals surface area (Å²) < 4.78 is 14.3. The van der Waals surface area contributed by atoms with Crippen LogP contribution < -0.4 is 15.5 Å². The zero-order chi connectivity index (χ0) is 23.9. The summed E-state index contributed by atoms with van der Waals surface area (Å²) >= 11 is 2.78. The van der Waals surface area contributed by atoms with Gasteiger partial charge in [-0.25, -0.2) is 14.4 Å². The maximum Gasteiger partial charge on any atom is 0.305 e. The topological polar surface area (TPSA) is 99.8 Å². The number of carbonyl (C=O) groups excluding carboxylic acids is 1. The Morgan fingerprint density at radius 2 is 2.09 bits per heavy atom. The van der Waals surface area contributed by atoms with Gasteiger partial charge in [0.1, 0.15) is 22.8 Å². The summed E-state index contributed by atoms with van der Waals surface area (Å²) in [5.41, 5.74) is 3.59. The van der Waals surface area contributed by atoms with E-state index < -0.39 is 0 Å². The average Bonchev–Trinajstić information content (AvgIpc) is 3.41. The number of aryl methyl sites for hydroxylation is 1. The number of amides is 1. The Labute approximate surface area is 207 Å². The minimum absolute atomic E-state index is 0.0133. The van der Waals surface area contributed by atoms with Crippen molar-refractivity contribution in [1.29, 1.82) is 0 Å². The van der Waals surface area contributed by atoms with Crippen molar-refractivity contribution < 1.29 is 9.18 Å². The van der Waals surface area contributed by atoms with Gasteiger partial charge in [0.25, 0.3) is 0 Å². The molecule has 1 atom stereocenters. The molecule has 10 heteroatoms. The second-order valence-corrected chi connectivity index (χ2v) is 10.6. The summed E-state index contributed by atoms with van der Waals surface area (Å²) in [7, 11) is 0. The first-order valence-electron chi connectivity index (χ1n) is 11.2. The molecule has 3 aromatic heterocycles. The first-order valence-corrected chi connectivity index (χ1v) is 12.8. The van der Waals surface area contributed by atoms with Gasteiger partial charge in [-0.1, -0.05) is 23.5 Å². The van der Waals surface area contributed by atoms with Gasteiger partial charge in [-0.3, -0.25) is 9.59 Å². The minimum Gasteiger partial charge on any atom is -0.352 e. The van der Waals surface area contributed by atoms with Gasteiger partial charge < -0.3 is 15.6 Å². The Morgan fingerprint density at radius 1 is 1.17 bits per heavy atom. The van der Waals surface area contributed by atoms with Crippen LogP contribution in [0.3, 0.4) is 0 Å². The van der Waals surface area contributed by atoms with E-state index in [1.165, 1.54) is 29.0 Å². The number of nitrogens with one attached hydrogen (secondary N) is 3. The Kier molecular flexibility index (Phi) is 5.54. The molecule has 0 saturated carbocycles. The fourth-order valence-electron chi connectivity index (χ4n) is 4.57. The van der Waals surface area contributed by atoms with Crippen molar-refractivity contribution in [3.05, 3.63) is 80.3 Å². The highest BCUT2D eigenvalue weighted by Crippen LogP contribution is 2.40. The van der Waals surface area contributed by atoms with Crippen LogP contribution in [0.4, 0.5) is 15.9 Å². The average molecular weight is 506 g/mol. The highest BCUT2D eigenvalue weighted by molar-refractivity contribution is 7.19. The van der Waals surface area contributed by atoms with Crippen LogP contribution in [0.1, 0.15) is 22.4 Å². The standard InChI is InChI=1S/C25H20FN5O2S2/c26-15-3-1-2-13(8-15)11-27-23(32)14-4-6-17-19(9-14)34-24-21(17)22(28-12-29-24)30-16-5-7-18-20(10-16)35-25(33)31-18/h1-3,5,7-8,10,12,14H,4,6,9,11H2,(H,27,32)(H,31,33)(H,28,29,30). The van der Waals surface area contributed by atoms with E-state index in [4.69, 9.17) is 0 Å². The molecule has 0 saturated heterocycles. The molecule has 0 radical (unpaired) electrons. The van der Waals surface area contributed by atoms with Crippen molar-refractivity contribution in [2.45, 2.75) is 25.8 Å². The van der Waals surface area contributed by atoms with E-state index in [2.05, 4.69) is 25.6 Å². The number of aromatic amines is 1. The van der Waals surface area contributed by atoms with Crippen LogP contribution in [-0.4, -0.2) is 20.9 Å². The zero-order valence-corrected chi connectivity index (χ0v) is 20.1. The van der Waals surface area contributed by atoms with Gasteiger partial charge in [0.05, 0.1) is 15.6 Å². The molecule has 3 N–H and O–H groups in total. The van der Waals surface area contributed by atoms with Crippen LogP contribution in [0.5, 0.6) is 0 Å². The van der Waals surface area contributed by atoms with Gasteiger partial charge in [0, 0.05) is 23.0 Å². The lowest BCUT2D eigenvalue weighted by Crippen LogP contribution is -2.33. The zero-order valence-electron chi connectivity index (χ0n) is 18.4. The molecule has 6 rings (SSSR count). The number of benzene rings is 2. The molecular formula is C25H20FN5O2S2. The maximum atomic E-state index is 13.4. The quantitative estimate of drug-likeness (QED) is 0.316. The van der Waals surface area contributed by atoms with Gasteiger partial charge in [0.15, 0.2) is 0 Å². The lowest BCUT2D eigenvalue weighted by atomic mass is 9.87. The highest BCUT2D eigenvalue weighted by atomic mass is 32.1. The first kappa shape index (κ1) is 21.9. The Morgan fingerprint density at radius 3 is 2.97 bits per heavy atom. The summed E-state index contributed by atoms with van der Waals surface area (Å²) in [4.78, 5) is 38.2. The Balaban J connectivity index is 1.22. The maximum absolute atomic E-state index is 13.4. The second-order valence-electron chi connectivity index (χ2n) is 8.54. The minimum atomic E-state index is -0.307. The summed E-state index contributed by atoms with van der Waals surface area (Å²) in [5.74, 6) is 0.273. The van der Waals surface area contributed by atoms with Gasteiger partial charge in [-0.15, -0.1) is 11.3 Å². The van der Waals surface area contributed by atoms with Crippen LogP contribution in [0.15, 0.2) is 53.6 Å². The van der Waals surface area contributed by atoms with Crippen LogP contribution in [0.2, 0.25) is 0 Å². The lowest BCUT2D eigenvalue weighted by molar-refractivity contribution is -0.125. The molecule has 0 bridgehead atoms. The summed E-state index contributed by atoms with van der Waals surface area (Å²) in [6.07, 6.45) is 3.68. The van der Waals surface area contributed by atoms with Crippen molar-refractivity contribution in [2.24, 2.45) is 5.92 Å². The van der Waals surface area contributed by atoms with Gasteiger partial charge in [0.2, 0.25) is 5.91 Å². The van der Waals surface area contributed by atoms with Crippen LogP contribution in [-0.2, 0) is 24.2 Å². The van der Waals surface area contributed by atoms with Crippen molar-refractivity contribution in [3.8, 4) is 0 Å². The van der Waals surface area contributed by atoms with E-state index in [1.807, 2.05) is 18.2 Å². The molecule has 1 amide bonds. The van der Waals surface area contributed by atoms with Gasteiger partial charge in [-0.2, -0.15) is 0 Å². The van der Waals surface area contributed by atoms with E-state index in [0.717, 1.165) is 55.2 Å². The number of carbonyl (C=O) groups is 1. The van der Waals surface area contributed by atoms with Crippen LogP contribution in [0.25, 0.3) is 20.4 Å². The Hall–Kier alpha value is -3.63. The molecule has 1 aliphatic rings. The molecule has 176 valence electrons.